The van der Waals surface area contributed by atoms with E-state index in [2.05, 4.69) is 25.3 Å². The van der Waals surface area contributed by atoms with E-state index in [-0.39, 0.29) is 6.42 Å². The fraction of sp³-hybridized carbons (Fsp3) is 1.00. The largest absolute Gasteiger partial charge is 0.391 e. The first-order valence-electron chi connectivity index (χ1n) is 3.33. The van der Waals surface area contributed by atoms with E-state index in [1.165, 1.54) is 6.92 Å². The van der Waals surface area contributed by atoms with Gasteiger partial charge in [0.15, 0.2) is 0 Å². The molecule has 0 rings (SSSR count). The molecule has 0 saturated carbocycles. The average molecular weight is 198 g/mol. The van der Waals surface area contributed by atoms with E-state index < -0.39 is 17.1 Å². The van der Waals surface area contributed by atoms with Crippen LogP contribution in [-0.4, -0.2) is 38.2 Å². The molecule has 0 aliphatic rings. The van der Waals surface area contributed by atoms with E-state index in [1.807, 2.05) is 0 Å². The summed E-state index contributed by atoms with van der Waals surface area (Å²) in [5.74, 6) is 0.407. The molecule has 0 aromatic carbocycles. The van der Waals surface area contributed by atoms with Gasteiger partial charge in [-0.2, -0.15) is 12.6 Å². The van der Waals surface area contributed by atoms with Gasteiger partial charge in [-0.25, -0.2) is 0 Å². The van der Waals surface area contributed by atoms with Crippen molar-refractivity contribution in [3.8, 4) is 0 Å². The van der Waals surface area contributed by atoms with Gasteiger partial charge >= 0.3 is 0 Å². The summed E-state index contributed by atoms with van der Waals surface area (Å²) < 4.78 is 0. The molecule has 3 nitrogen and oxygen atoms in total. The number of rotatable bonds is 4. The molecule has 0 radical (unpaired) electrons. The molecule has 0 bridgehead atoms. The van der Waals surface area contributed by atoms with Gasteiger partial charge in [0.2, 0.25) is 0 Å². The highest BCUT2D eigenvalue weighted by Crippen LogP contribution is 2.22. The van der Waals surface area contributed by atoms with Crippen molar-refractivity contribution in [1.29, 1.82) is 0 Å². The van der Waals surface area contributed by atoms with Gasteiger partial charge in [0.25, 0.3) is 0 Å². The molecule has 68 valence electrons. The predicted molar refractivity (Wildman–Crippen MR) is 50.1 cm³/mol. The standard InChI is InChI=1S/C6H14O3S2/c1-4(7)5(8)6(9,11)2-3-10/h4-5,7-11H,2-3H2,1H3. The molecule has 0 amide bonds. The highest BCUT2D eigenvalue weighted by molar-refractivity contribution is 7.82. The van der Waals surface area contributed by atoms with Crippen LogP contribution < -0.4 is 0 Å². The molecule has 0 saturated heterocycles. The van der Waals surface area contributed by atoms with Crippen molar-refractivity contribution in [1.82, 2.24) is 0 Å². The zero-order valence-electron chi connectivity index (χ0n) is 6.30. The molecule has 3 N–H and O–H groups in total. The first-order valence-corrected chi connectivity index (χ1v) is 4.41. The molecule has 0 aromatic heterocycles. The molecule has 0 fully saturated rings. The Morgan fingerprint density at radius 3 is 2.18 bits per heavy atom. The highest BCUT2D eigenvalue weighted by atomic mass is 32.1. The summed E-state index contributed by atoms with van der Waals surface area (Å²) in [6, 6.07) is 0. The number of hydrogen-bond acceptors (Lipinski definition) is 5. The lowest BCUT2D eigenvalue weighted by atomic mass is 10.1. The summed E-state index contributed by atoms with van der Waals surface area (Å²) in [5.41, 5.74) is 0. The Labute approximate surface area is 77.3 Å². The van der Waals surface area contributed by atoms with Gasteiger partial charge in [0, 0.05) is 0 Å². The molecule has 0 heterocycles. The average Bonchev–Trinajstić information content (AvgIpc) is 1.86. The van der Waals surface area contributed by atoms with Crippen LogP contribution in [0.15, 0.2) is 0 Å². The lowest BCUT2D eigenvalue weighted by Gasteiger charge is -2.29. The molecule has 0 aromatic rings. The van der Waals surface area contributed by atoms with E-state index in [9.17, 15) is 10.2 Å². The summed E-state index contributed by atoms with van der Waals surface area (Å²) in [6.07, 6.45) is -2.00. The Morgan fingerprint density at radius 2 is 1.91 bits per heavy atom. The SMILES string of the molecule is CC(O)C(O)C(O)(S)CCS. The first-order chi connectivity index (χ1) is 4.91. The van der Waals surface area contributed by atoms with E-state index >= 15 is 0 Å². The molecular weight excluding hydrogens is 184 g/mol. The van der Waals surface area contributed by atoms with Crippen LogP contribution in [0.5, 0.6) is 0 Å². The van der Waals surface area contributed by atoms with Crippen molar-refractivity contribution in [2.45, 2.75) is 30.5 Å². The molecule has 0 aliphatic heterocycles. The Balaban J connectivity index is 4.05. The molecule has 3 unspecified atom stereocenters. The van der Waals surface area contributed by atoms with Crippen molar-refractivity contribution >= 4 is 25.3 Å². The minimum atomic E-state index is -1.55. The van der Waals surface area contributed by atoms with Crippen molar-refractivity contribution in [3.63, 3.8) is 0 Å². The second kappa shape index (κ2) is 4.57. The van der Waals surface area contributed by atoms with E-state index in [0.29, 0.717) is 5.75 Å². The van der Waals surface area contributed by atoms with E-state index in [0.717, 1.165) is 0 Å². The van der Waals surface area contributed by atoms with E-state index in [4.69, 9.17) is 5.11 Å². The number of hydrogen-bond donors (Lipinski definition) is 5. The Morgan fingerprint density at radius 1 is 1.45 bits per heavy atom. The van der Waals surface area contributed by atoms with Crippen LogP contribution >= 0.6 is 25.3 Å². The maximum atomic E-state index is 9.36. The van der Waals surface area contributed by atoms with Crippen LogP contribution in [0.1, 0.15) is 13.3 Å². The van der Waals surface area contributed by atoms with Gasteiger partial charge in [-0.3, -0.25) is 0 Å². The Bertz CT molecular complexity index is 116. The van der Waals surface area contributed by atoms with Crippen LogP contribution in [0.4, 0.5) is 0 Å². The molecule has 0 aliphatic carbocycles. The van der Waals surface area contributed by atoms with Gasteiger partial charge < -0.3 is 15.3 Å². The monoisotopic (exact) mass is 198 g/mol. The zero-order valence-corrected chi connectivity index (χ0v) is 8.09. The van der Waals surface area contributed by atoms with Crippen molar-refractivity contribution in [3.05, 3.63) is 0 Å². The molecule has 0 spiro atoms. The van der Waals surface area contributed by atoms with Gasteiger partial charge in [-0.15, -0.1) is 12.6 Å². The normalized spacial score (nSPS) is 22.4. The third kappa shape index (κ3) is 3.66. The van der Waals surface area contributed by atoms with Crippen LogP contribution in [0.3, 0.4) is 0 Å². The topological polar surface area (TPSA) is 60.7 Å². The second-order valence-electron chi connectivity index (χ2n) is 2.54. The number of aliphatic hydroxyl groups is 3. The minimum Gasteiger partial charge on any atom is -0.391 e. The van der Waals surface area contributed by atoms with Gasteiger partial charge in [0.1, 0.15) is 11.0 Å². The molecule has 3 atom stereocenters. The van der Waals surface area contributed by atoms with Crippen LogP contribution in [0, 0.1) is 0 Å². The van der Waals surface area contributed by atoms with Crippen molar-refractivity contribution < 1.29 is 15.3 Å². The summed E-state index contributed by atoms with van der Waals surface area (Å²) in [4.78, 5) is -1.55. The van der Waals surface area contributed by atoms with Crippen molar-refractivity contribution in [2.75, 3.05) is 5.75 Å². The van der Waals surface area contributed by atoms with Gasteiger partial charge in [0.05, 0.1) is 6.10 Å². The van der Waals surface area contributed by atoms with Crippen LogP contribution in [-0.2, 0) is 0 Å². The summed E-state index contributed by atoms with van der Waals surface area (Å²) >= 11 is 7.67. The minimum absolute atomic E-state index is 0.227. The smallest absolute Gasteiger partial charge is 0.136 e. The summed E-state index contributed by atoms with van der Waals surface area (Å²) in [5, 5.41) is 27.4. The maximum absolute atomic E-state index is 9.36. The molecule has 5 heteroatoms. The third-order valence-corrected chi connectivity index (χ3v) is 2.12. The quantitative estimate of drug-likeness (QED) is 0.317. The van der Waals surface area contributed by atoms with Gasteiger partial charge in [-0.1, -0.05) is 0 Å². The highest BCUT2D eigenvalue weighted by Gasteiger charge is 2.33. The Kier molecular flexibility index (Phi) is 4.81. The van der Waals surface area contributed by atoms with Gasteiger partial charge in [-0.05, 0) is 19.1 Å². The molecular formula is C6H14O3S2. The Hall–Kier alpha value is 0.580. The maximum Gasteiger partial charge on any atom is 0.136 e. The number of aliphatic hydroxyl groups excluding tert-OH is 2. The third-order valence-electron chi connectivity index (χ3n) is 1.41. The second-order valence-corrected chi connectivity index (χ2v) is 3.76. The fourth-order valence-corrected chi connectivity index (χ4v) is 1.54. The lowest BCUT2D eigenvalue weighted by molar-refractivity contribution is -0.0695. The summed E-state index contributed by atoms with van der Waals surface area (Å²) in [7, 11) is 0. The summed E-state index contributed by atoms with van der Waals surface area (Å²) in [6.45, 7) is 1.39. The predicted octanol–water partition coefficient (Wildman–Crippen LogP) is -0.334. The first kappa shape index (κ1) is 11.6. The lowest BCUT2D eigenvalue weighted by Crippen LogP contribution is -2.44. The fourth-order valence-electron chi connectivity index (χ4n) is 0.699. The van der Waals surface area contributed by atoms with E-state index in [1.54, 1.807) is 0 Å². The van der Waals surface area contributed by atoms with Crippen LogP contribution in [0.2, 0.25) is 0 Å². The number of thiol groups is 2. The molecule has 11 heavy (non-hydrogen) atoms. The van der Waals surface area contributed by atoms with Crippen molar-refractivity contribution in [2.24, 2.45) is 0 Å². The zero-order chi connectivity index (χ0) is 9.07. The van der Waals surface area contributed by atoms with Crippen LogP contribution in [0.25, 0.3) is 0 Å².